The van der Waals surface area contributed by atoms with Crippen LogP contribution in [-0.2, 0) is 4.79 Å². The molecular formula is C20H19ClN8O. The van der Waals surface area contributed by atoms with E-state index in [9.17, 15) is 4.79 Å². The zero-order valence-electron chi connectivity index (χ0n) is 16.0. The quantitative estimate of drug-likeness (QED) is 0.223. The van der Waals surface area contributed by atoms with Crippen molar-refractivity contribution in [3.05, 3.63) is 64.8 Å². The van der Waals surface area contributed by atoms with Gasteiger partial charge in [-0.2, -0.15) is 0 Å². The summed E-state index contributed by atoms with van der Waals surface area (Å²) in [5.74, 6) is 0.913. The van der Waals surface area contributed by atoms with Gasteiger partial charge in [0, 0.05) is 35.9 Å². The molecule has 10 heteroatoms. The Labute approximate surface area is 177 Å². The second-order valence-electron chi connectivity index (χ2n) is 6.07. The highest BCUT2D eigenvalue weighted by Crippen LogP contribution is 2.31. The molecule has 0 aliphatic heterocycles. The lowest BCUT2D eigenvalue weighted by Gasteiger charge is -2.10. The molecule has 0 unspecified atom stereocenters. The lowest BCUT2D eigenvalue weighted by atomic mass is 10.1. The number of pyridine rings is 1. The van der Waals surface area contributed by atoms with Crippen molar-refractivity contribution in [1.29, 1.82) is 10.8 Å². The molecule has 1 amide bonds. The summed E-state index contributed by atoms with van der Waals surface area (Å²) in [4.78, 5) is 16.5. The number of rotatable bonds is 7. The minimum Gasteiger partial charge on any atom is -0.398 e. The number of benzene rings is 1. The molecule has 0 fully saturated rings. The number of carbonyl (C=O) groups is 1. The van der Waals surface area contributed by atoms with Crippen molar-refractivity contribution in [2.24, 2.45) is 0 Å². The van der Waals surface area contributed by atoms with Gasteiger partial charge in [0.2, 0.25) is 0 Å². The third-order valence-electron chi connectivity index (χ3n) is 4.15. The van der Waals surface area contributed by atoms with Crippen LogP contribution in [0.3, 0.4) is 0 Å². The Hall–Kier alpha value is -3.98. The molecule has 1 aromatic carbocycles. The average molecular weight is 423 g/mol. The molecule has 0 aliphatic carbocycles. The number of halogens is 1. The smallest absolute Gasteiger partial charge is 0.258 e. The van der Waals surface area contributed by atoms with Gasteiger partial charge in [-0.25, -0.2) is 9.67 Å². The molecule has 2 heterocycles. The van der Waals surface area contributed by atoms with Gasteiger partial charge in [-0.3, -0.25) is 4.79 Å². The lowest BCUT2D eigenvalue weighted by Crippen LogP contribution is -2.16. The minimum atomic E-state index is -0.417. The van der Waals surface area contributed by atoms with Gasteiger partial charge < -0.3 is 27.2 Å². The Balaban J connectivity index is 1.81. The first-order chi connectivity index (χ1) is 14.5. The topological polar surface area (TPSA) is 146 Å². The van der Waals surface area contributed by atoms with E-state index in [-0.39, 0.29) is 5.57 Å². The average Bonchev–Trinajstić information content (AvgIpc) is 3.20. The third-order valence-corrected chi connectivity index (χ3v) is 4.56. The Morgan fingerprint density at radius 1 is 1.20 bits per heavy atom. The molecule has 0 radical (unpaired) electrons. The van der Waals surface area contributed by atoms with Gasteiger partial charge in [0.1, 0.15) is 5.82 Å². The Kier molecular flexibility index (Phi) is 6.23. The summed E-state index contributed by atoms with van der Waals surface area (Å²) in [6, 6.07) is 10.2. The van der Waals surface area contributed by atoms with Crippen molar-refractivity contribution < 1.29 is 4.79 Å². The normalized spacial score (nSPS) is 11.1. The predicted molar refractivity (Wildman–Crippen MR) is 120 cm³/mol. The highest BCUT2D eigenvalue weighted by Gasteiger charge is 2.11. The summed E-state index contributed by atoms with van der Waals surface area (Å²) >= 11 is 6.31. The second-order valence-corrected chi connectivity index (χ2v) is 6.45. The fraction of sp³-hybridized carbons (Fsp3) is 0.0500. The molecule has 0 saturated carbocycles. The maximum absolute atomic E-state index is 12.1. The molecule has 0 bridgehead atoms. The highest BCUT2D eigenvalue weighted by atomic mass is 35.5. The number of nitrogens with zero attached hydrogens (tertiary/aromatic N) is 3. The van der Waals surface area contributed by atoms with Gasteiger partial charge in [0.05, 0.1) is 16.3 Å². The fourth-order valence-corrected chi connectivity index (χ4v) is 2.87. The van der Waals surface area contributed by atoms with Crippen LogP contribution >= 0.6 is 11.6 Å². The standard InChI is InChI=1S/C20H19ClN8O/c1-2-12(10-22)20(30)27-16-4-3-5-18(26-16)29-9-8-17(28-29)25-15-7-6-14(24)13(11-23)19(15)21/h2-11,22-23H,24H2,1H3,(H,25,28)(H,26,27,30)/b12-2+,22-10?,23-11?. The van der Waals surface area contributed by atoms with Crippen LogP contribution < -0.4 is 16.4 Å². The third kappa shape index (κ3) is 4.36. The SMILES string of the molecule is C/C=C(\C=N)C(=O)Nc1cccc(-n2ccc(Nc3ccc(N)c(C=N)c3Cl)n2)n1. The first-order valence-corrected chi connectivity index (χ1v) is 9.21. The number of anilines is 4. The first-order valence-electron chi connectivity index (χ1n) is 8.83. The van der Waals surface area contributed by atoms with E-state index in [4.69, 9.17) is 28.2 Å². The maximum Gasteiger partial charge on any atom is 0.258 e. The van der Waals surface area contributed by atoms with Crippen LogP contribution in [0.15, 0.2) is 54.2 Å². The first kappa shape index (κ1) is 20.7. The summed E-state index contributed by atoms with van der Waals surface area (Å²) in [5.41, 5.74) is 7.46. The van der Waals surface area contributed by atoms with Gasteiger partial charge in [0.15, 0.2) is 11.6 Å². The van der Waals surface area contributed by atoms with Crippen molar-refractivity contribution in [2.75, 3.05) is 16.4 Å². The fourth-order valence-electron chi connectivity index (χ4n) is 2.60. The number of nitrogen functional groups attached to an aromatic ring is 1. The molecule has 0 spiro atoms. The molecular weight excluding hydrogens is 404 g/mol. The van der Waals surface area contributed by atoms with Gasteiger partial charge in [-0.05, 0) is 31.2 Å². The molecule has 152 valence electrons. The van der Waals surface area contributed by atoms with Gasteiger partial charge in [-0.15, -0.1) is 5.10 Å². The Morgan fingerprint density at radius 3 is 2.70 bits per heavy atom. The molecule has 0 aliphatic rings. The van der Waals surface area contributed by atoms with E-state index in [2.05, 4.69) is 20.7 Å². The van der Waals surface area contributed by atoms with Gasteiger partial charge in [-0.1, -0.05) is 23.7 Å². The highest BCUT2D eigenvalue weighted by molar-refractivity contribution is 6.36. The van der Waals surface area contributed by atoms with Crippen LogP contribution in [0.5, 0.6) is 0 Å². The minimum absolute atomic E-state index is 0.234. The van der Waals surface area contributed by atoms with E-state index >= 15 is 0 Å². The van der Waals surface area contributed by atoms with Crippen LogP contribution in [-0.4, -0.2) is 33.1 Å². The maximum atomic E-state index is 12.1. The number of hydrogen-bond donors (Lipinski definition) is 5. The summed E-state index contributed by atoms with van der Waals surface area (Å²) in [6.45, 7) is 1.68. The molecule has 9 nitrogen and oxygen atoms in total. The molecule has 3 rings (SSSR count). The number of carbonyl (C=O) groups excluding carboxylic acids is 1. The van der Waals surface area contributed by atoms with E-state index in [0.717, 1.165) is 12.4 Å². The molecule has 30 heavy (non-hydrogen) atoms. The number of allylic oxidation sites excluding steroid dienone is 1. The van der Waals surface area contributed by atoms with E-state index in [1.165, 1.54) is 4.68 Å². The van der Waals surface area contributed by atoms with Crippen molar-refractivity contribution in [1.82, 2.24) is 14.8 Å². The molecule has 3 aromatic rings. The monoisotopic (exact) mass is 422 g/mol. The number of nitrogens with two attached hydrogens (primary N) is 1. The lowest BCUT2D eigenvalue weighted by molar-refractivity contribution is -0.112. The Bertz CT molecular complexity index is 1150. The largest absolute Gasteiger partial charge is 0.398 e. The molecule has 0 atom stereocenters. The molecule has 6 N–H and O–H groups in total. The van der Waals surface area contributed by atoms with Gasteiger partial charge >= 0.3 is 0 Å². The van der Waals surface area contributed by atoms with E-state index < -0.39 is 5.91 Å². The van der Waals surface area contributed by atoms with E-state index in [0.29, 0.717) is 39.4 Å². The van der Waals surface area contributed by atoms with E-state index in [1.807, 2.05) is 0 Å². The van der Waals surface area contributed by atoms with Crippen molar-refractivity contribution in [2.45, 2.75) is 6.92 Å². The number of amides is 1. The van der Waals surface area contributed by atoms with Crippen LogP contribution in [0.4, 0.5) is 23.0 Å². The zero-order valence-corrected chi connectivity index (χ0v) is 16.7. The second kappa shape index (κ2) is 9.01. The summed E-state index contributed by atoms with van der Waals surface area (Å²) in [6.07, 6.45) is 5.33. The molecule has 2 aromatic heterocycles. The number of nitrogens with one attached hydrogen (secondary N) is 4. The van der Waals surface area contributed by atoms with Crippen molar-refractivity contribution in [3.8, 4) is 5.82 Å². The predicted octanol–water partition coefficient (Wildman–Crippen LogP) is 3.78. The van der Waals surface area contributed by atoms with Crippen molar-refractivity contribution in [3.63, 3.8) is 0 Å². The number of aromatic nitrogens is 3. The van der Waals surface area contributed by atoms with Crippen LogP contribution in [0.25, 0.3) is 5.82 Å². The van der Waals surface area contributed by atoms with Gasteiger partial charge in [0.25, 0.3) is 5.91 Å². The zero-order chi connectivity index (χ0) is 21.7. The van der Waals surface area contributed by atoms with Crippen LogP contribution in [0.2, 0.25) is 5.02 Å². The van der Waals surface area contributed by atoms with Crippen molar-refractivity contribution >= 4 is 52.9 Å². The Morgan fingerprint density at radius 2 is 2.00 bits per heavy atom. The number of hydrogen-bond acceptors (Lipinski definition) is 7. The van der Waals surface area contributed by atoms with Crippen LogP contribution in [0, 0.1) is 10.8 Å². The van der Waals surface area contributed by atoms with Crippen LogP contribution in [0.1, 0.15) is 12.5 Å². The summed E-state index contributed by atoms with van der Waals surface area (Å²) in [5, 5.41) is 25.2. The summed E-state index contributed by atoms with van der Waals surface area (Å²) < 4.78 is 1.54. The van der Waals surface area contributed by atoms with E-state index in [1.54, 1.807) is 55.6 Å². The summed E-state index contributed by atoms with van der Waals surface area (Å²) in [7, 11) is 0. The molecule has 0 saturated heterocycles.